The molecule has 0 aromatic heterocycles. The number of phenolic OH excluding ortho intramolecular Hbond substituents is 1. The number of benzene rings is 2. The minimum Gasteiger partial charge on any atom is -0.508 e. The summed E-state index contributed by atoms with van der Waals surface area (Å²) in [5.74, 6) is -1.00. The van der Waals surface area contributed by atoms with Crippen LogP contribution in [0.15, 0.2) is 36.4 Å². The Morgan fingerprint density at radius 2 is 1.62 bits per heavy atom. The van der Waals surface area contributed by atoms with E-state index in [0.717, 1.165) is 16.7 Å². The van der Waals surface area contributed by atoms with E-state index in [-0.39, 0.29) is 37.2 Å². The fourth-order valence-corrected chi connectivity index (χ4v) is 3.52. The van der Waals surface area contributed by atoms with Gasteiger partial charge < -0.3 is 21.1 Å². The number of rotatable bonds is 5. The number of aromatic hydroxyl groups is 1. The lowest BCUT2D eigenvalue weighted by Crippen LogP contribution is -2.67. The predicted molar refractivity (Wildman–Crippen MR) is 109 cm³/mol. The third-order valence-electron chi connectivity index (χ3n) is 5.58. The van der Waals surface area contributed by atoms with E-state index in [1.165, 1.54) is 29.2 Å². The Bertz CT molecular complexity index is 976. The lowest BCUT2D eigenvalue weighted by atomic mass is 9.78. The summed E-state index contributed by atoms with van der Waals surface area (Å²) in [5.41, 5.74) is 8.55. The largest absolute Gasteiger partial charge is 0.508 e. The van der Waals surface area contributed by atoms with Gasteiger partial charge in [0.15, 0.2) is 0 Å². The highest BCUT2D eigenvalue weighted by atomic mass is 16.3. The van der Waals surface area contributed by atoms with Gasteiger partial charge in [0.05, 0.1) is 0 Å². The topological polar surface area (TPSA) is 113 Å². The predicted octanol–water partition coefficient (Wildman–Crippen LogP) is 1.67. The highest BCUT2D eigenvalue weighted by Gasteiger charge is 2.50. The molecule has 7 nitrogen and oxygen atoms in total. The van der Waals surface area contributed by atoms with E-state index in [2.05, 4.69) is 5.32 Å². The Morgan fingerprint density at radius 1 is 1.03 bits per heavy atom. The van der Waals surface area contributed by atoms with Crippen LogP contribution in [0.25, 0.3) is 0 Å². The summed E-state index contributed by atoms with van der Waals surface area (Å²) in [4.78, 5) is 38.7. The van der Waals surface area contributed by atoms with Crippen LogP contribution in [0.1, 0.15) is 37.4 Å². The molecule has 0 aliphatic carbocycles. The van der Waals surface area contributed by atoms with E-state index in [1.54, 1.807) is 0 Å². The average molecular weight is 395 g/mol. The van der Waals surface area contributed by atoms with E-state index in [9.17, 15) is 19.5 Å². The molecule has 0 bridgehead atoms. The van der Waals surface area contributed by atoms with Gasteiger partial charge in [-0.25, -0.2) is 0 Å². The van der Waals surface area contributed by atoms with Crippen LogP contribution in [0.4, 0.5) is 0 Å². The van der Waals surface area contributed by atoms with Gasteiger partial charge in [-0.2, -0.15) is 0 Å². The number of nitrogens with two attached hydrogens (primary N) is 1. The Labute approximate surface area is 169 Å². The minimum absolute atomic E-state index is 0.0624. The zero-order chi connectivity index (χ0) is 21.3. The van der Waals surface area contributed by atoms with Gasteiger partial charge in [0, 0.05) is 30.8 Å². The van der Waals surface area contributed by atoms with Gasteiger partial charge in [-0.3, -0.25) is 14.4 Å². The molecule has 1 aliphatic rings. The number of carbonyl (C=O) groups is 3. The van der Waals surface area contributed by atoms with E-state index >= 15 is 0 Å². The van der Waals surface area contributed by atoms with Crippen molar-refractivity contribution in [2.45, 2.75) is 20.8 Å². The Morgan fingerprint density at radius 3 is 2.21 bits per heavy atom. The molecule has 1 fully saturated rings. The van der Waals surface area contributed by atoms with Crippen molar-refractivity contribution < 1.29 is 19.5 Å². The molecule has 7 heteroatoms. The molecule has 2 aromatic carbocycles. The molecule has 0 atom stereocenters. The third kappa shape index (κ3) is 3.94. The van der Waals surface area contributed by atoms with Gasteiger partial charge in [0.1, 0.15) is 11.2 Å². The molecule has 4 N–H and O–H groups in total. The van der Waals surface area contributed by atoms with Crippen LogP contribution in [-0.4, -0.2) is 47.4 Å². The first-order valence-electron chi connectivity index (χ1n) is 9.37. The normalized spacial score (nSPS) is 14.8. The van der Waals surface area contributed by atoms with Crippen LogP contribution >= 0.6 is 0 Å². The first-order valence-corrected chi connectivity index (χ1v) is 9.37. The second-order valence-corrected chi connectivity index (χ2v) is 7.79. The molecule has 0 radical (unpaired) electrons. The van der Waals surface area contributed by atoms with Crippen LogP contribution in [0.5, 0.6) is 5.75 Å². The van der Waals surface area contributed by atoms with Gasteiger partial charge in [-0.15, -0.1) is 0 Å². The smallest absolute Gasteiger partial charge is 0.253 e. The quantitative estimate of drug-likeness (QED) is 0.715. The SMILES string of the molecule is Cc1cc(C)c(C(=O)NCC2(C(N)=O)CN(C(=O)c3ccc(O)cc3)C2)cc1C. The number of carbonyl (C=O) groups excluding carboxylic acids is 3. The van der Waals surface area contributed by atoms with Crippen molar-refractivity contribution in [3.63, 3.8) is 0 Å². The van der Waals surface area contributed by atoms with Crippen molar-refractivity contribution in [1.29, 1.82) is 0 Å². The molecule has 1 heterocycles. The summed E-state index contributed by atoms with van der Waals surface area (Å²) in [7, 11) is 0. The number of primary amides is 1. The maximum absolute atomic E-state index is 12.6. The van der Waals surface area contributed by atoms with Gasteiger partial charge in [-0.1, -0.05) is 6.07 Å². The number of amides is 3. The fourth-order valence-electron chi connectivity index (χ4n) is 3.52. The number of likely N-dealkylation sites (tertiary alicyclic amines) is 1. The van der Waals surface area contributed by atoms with Crippen LogP contribution < -0.4 is 11.1 Å². The number of nitrogens with zero attached hydrogens (tertiary/aromatic N) is 1. The Kier molecular flexibility index (Phi) is 5.33. The van der Waals surface area contributed by atoms with Crippen molar-refractivity contribution in [3.05, 3.63) is 64.2 Å². The van der Waals surface area contributed by atoms with Gasteiger partial charge in [0.2, 0.25) is 5.91 Å². The molecule has 0 unspecified atom stereocenters. The average Bonchev–Trinajstić information content (AvgIpc) is 2.63. The maximum atomic E-state index is 12.6. The second kappa shape index (κ2) is 7.58. The van der Waals surface area contributed by atoms with E-state index in [4.69, 9.17) is 5.73 Å². The fraction of sp³-hybridized carbons (Fsp3) is 0.318. The molecule has 1 saturated heterocycles. The molecule has 1 aliphatic heterocycles. The molecular weight excluding hydrogens is 370 g/mol. The number of aryl methyl sites for hydroxylation is 3. The summed E-state index contributed by atoms with van der Waals surface area (Å²) in [6, 6.07) is 9.69. The summed E-state index contributed by atoms with van der Waals surface area (Å²) in [6.45, 7) is 6.12. The van der Waals surface area contributed by atoms with Gasteiger partial charge in [-0.05, 0) is 67.8 Å². The summed E-state index contributed by atoms with van der Waals surface area (Å²) in [6.07, 6.45) is 0. The zero-order valence-corrected chi connectivity index (χ0v) is 16.8. The number of phenols is 1. The van der Waals surface area contributed by atoms with Gasteiger partial charge >= 0.3 is 0 Å². The summed E-state index contributed by atoms with van der Waals surface area (Å²) >= 11 is 0. The molecule has 29 heavy (non-hydrogen) atoms. The highest BCUT2D eigenvalue weighted by molar-refractivity contribution is 5.98. The molecule has 2 aromatic rings. The van der Waals surface area contributed by atoms with Crippen molar-refractivity contribution in [3.8, 4) is 5.75 Å². The van der Waals surface area contributed by atoms with Crippen LogP contribution in [0.2, 0.25) is 0 Å². The number of nitrogens with one attached hydrogen (secondary N) is 1. The zero-order valence-electron chi connectivity index (χ0n) is 16.8. The molecule has 3 rings (SSSR count). The number of hydrogen-bond acceptors (Lipinski definition) is 4. The van der Waals surface area contributed by atoms with Crippen LogP contribution in [0.3, 0.4) is 0 Å². The molecule has 3 amide bonds. The molecule has 0 saturated carbocycles. The van der Waals surface area contributed by atoms with E-state index in [1.807, 2.05) is 32.9 Å². The lowest BCUT2D eigenvalue weighted by molar-refractivity contribution is -0.135. The van der Waals surface area contributed by atoms with E-state index < -0.39 is 11.3 Å². The molecular formula is C22H25N3O4. The summed E-state index contributed by atoms with van der Waals surface area (Å²) < 4.78 is 0. The summed E-state index contributed by atoms with van der Waals surface area (Å²) in [5, 5.41) is 12.2. The Hall–Kier alpha value is -3.35. The van der Waals surface area contributed by atoms with Gasteiger partial charge in [0.25, 0.3) is 11.8 Å². The maximum Gasteiger partial charge on any atom is 0.253 e. The van der Waals surface area contributed by atoms with E-state index in [0.29, 0.717) is 11.1 Å². The van der Waals surface area contributed by atoms with Crippen molar-refractivity contribution in [1.82, 2.24) is 10.2 Å². The van der Waals surface area contributed by atoms with Crippen LogP contribution in [0, 0.1) is 26.2 Å². The first kappa shape index (κ1) is 20.4. The first-order chi connectivity index (χ1) is 13.6. The minimum atomic E-state index is -0.990. The molecule has 0 spiro atoms. The van der Waals surface area contributed by atoms with Crippen molar-refractivity contribution in [2.24, 2.45) is 11.1 Å². The highest BCUT2D eigenvalue weighted by Crippen LogP contribution is 2.31. The number of hydrogen-bond donors (Lipinski definition) is 3. The van der Waals surface area contributed by atoms with Crippen molar-refractivity contribution >= 4 is 17.7 Å². The second-order valence-electron chi connectivity index (χ2n) is 7.79. The standard InChI is InChI=1S/C22H25N3O4/c1-13-8-15(3)18(9-14(13)2)19(27)24-10-22(21(23)29)11-25(12-22)20(28)16-4-6-17(26)7-5-16/h4-9,26H,10-12H2,1-3H3,(H2,23,29)(H,24,27). The van der Waals surface area contributed by atoms with Crippen LogP contribution in [-0.2, 0) is 4.79 Å². The monoisotopic (exact) mass is 395 g/mol. The van der Waals surface area contributed by atoms with Crippen molar-refractivity contribution in [2.75, 3.05) is 19.6 Å². The third-order valence-corrected chi connectivity index (χ3v) is 5.58. The Balaban J connectivity index is 1.67. The molecule has 152 valence electrons. The lowest BCUT2D eigenvalue weighted by Gasteiger charge is -2.48.